The molecule has 0 spiro atoms. The van der Waals surface area contributed by atoms with Gasteiger partial charge in [0.25, 0.3) is 5.91 Å². The number of hydrogen-bond acceptors (Lipinski definition) is 7. The Morgan fingerprint density at radius 1 is 1.00 bits per heavy atom. The lowest BCUT2D eigenvalue weighted by atomic mass is 10.1. The van der Waals surface area contributed by atoms with Gasteiger partial charge >= 0.3 is 5.97 Å². The lowest BCUT2D eigenvalue weighted by Gasteiger charge is -2.28. The number of methoxy groups -OCH3 is 3. The highest BCUT2D eigenvalue weighted by Gasteiger charge is 2.26. The van der Waals surface area contributed by atoms with E-state index in [1.54, 1.807) is 22.7 Å². The number of esters is 1. The van der Waals surface area contributed by atoms with Crippen molar-refractivity contribution < 1.29 is 28.5 Å². The SMILES string of the molecule is COc1ccc(C(=O)OCC(=O)N2CCSc3ccccc32)c(OC)c1OC. The van der Waals surface area contributed by atoms with Crippen LogP contribution in [0.5, 0.6) is 17.2 Å². The summed E-state index contributed by atoms with van der Waals surface area (Å²) in [6.07, 6.45) is 0. The minimum Gasteiger partial charge on any atom is -0.493 e. The van der Waals surface area contributed by atoms with Gasteiger partial charge in [-0.25, -0.2) is 4.79 Å². The lowest BCUT2D eigenvalue weighted by Crippen LogP contribution is -2.38. The molecule has 1 aliphatic rings. The zero-order valence-electron chi connectivity index (χ0n) is 15.9. The second kappa shape index (κ2) is 8.88. The Balaban J connectivity index is 1.74. The van der Waals surface area contributed by atoms with Crippen LogP contribution in [0.15, 0.2) is 41.3 Å². The molecule has 0 saturated heterocycles. The molecule has 3 rings (SSSR count). The molecule has 2 aromatic carbocycles. The molecule has 28 heavy (non-hydrogen) atoms. The first kappa shape index (κ1) is 19.9. The number of hydrogen-bond donors (Lipinski definition) is 0. The number of para-hydroxylation sites is 1. The Bertz CT molecular complexity index is 885. The Kier molecular flexibility index (Phi) is 6.30. The molecular weight excluding hydrogens is 382 g/mol. The van der Waals surface area contributed by atoms with Gasteiger partial charge in [0, 0.05) is 17.2 Å². The third kappa shape index (κ3) is 3.87. The topological polar surface area (TPSA) is 74.3 Å². The largest absolute Gasteiger partial charge is 0.493 e. The van der Waals surface area contributed by atoms with Gasteiger partial charge in [0.2, 0.25) is 5.75 Å². The number of nitrogens with zero attached hydrogens (tertiary/aromatic N) is 1. The highest BCUT2D eigenvalue weighted by atomic mass is 32.2. The van der Waals surface area contributed by atoms with Crippen molar-refractivity contribution in [2.45, 2.75) is 4.90 Å². The van der Waals surface area contributed by atoms with E-state index in [1.807, 2.05) is 24.3 Å². The first-order chi connectivity index (χ1) is 13.6. The summed E-state index contributed by atoms with van der Waals surface area (Å²) in [5.74, 6) is 0.743. The smallest absolute Gasteiger partial charge is 0.342 e. The Morgan fingerprint density at radius 3 is 2.46 bits per heavy atom. The first-order valence-electron chi connectivity index (χ1n) is 8.59. The second-order valence-corrected chi connectivity index (χ2v) is 6.96. The number of thioether (sulfide) groups is 1. The number of benzene rings is 2. The molecule has 0 aliphatic carbocycles. The number of rotatable bonds is 6. The quantitative estimate of drug-likeness (QED) is 0.687. The summed E-state index contributed by atoms with van der Waals surface area (Å²) < 4.78 is 21.0. The molecule has 0 bridgehead atoms. The van der Waals surface area contributed by atoms with E-state index in [2.05, 4.69) is 0 Å². The van der Waals surface area contributed by atoms with Crippen LogP contribution in [-0.4, -0.2) is 52.1 Å². The molecule has 0 unspecified atom stereocenters. The van der Waals surface area contributed by atoms with Crippen molar-refractivity contribution in [3.8, 4) is 17.2 Å². The maximum atomic E-state index is 12.6. The van der Waals surface area contributed by atoms with Gasteiger partial charge in [0.05, 0.1) is 27.0 Å². The van der Waals surface area contributed by atoms with Crippen molar-refractivity contribution in [1.82, 2.24) is 0 Å². The summed E-state index contributed by atoms with van der Waals surface area (Å²) in [6.45, 7) is 0.201. The third-order valence-corrected chi connectivity index (χ3v) is 5.32. The predicted molar refractivity (Wildman–Crippen MR) is 106 cm³/mol. The third-order valence-electron chi connectivity index (χ3n) is 4.28. The van der Waals surface area contributed by atoms with Crippen LogP contribution in [0.3, 0.4) is 0 Å². The minimum absolute atomic E-state index is 0.155. The van der Waals surface area contributed by atoms with Gasteiger partial charge in [0.1, 0.15) is 5.56 Å². The molecule has 8 heteroatoms. The van der Waals surface area contributed by atoms with E-state index < -0.39 is 5.97 Å². The van der Waals surface area contributed by atoms with Crippen LogP contribution in [0.2, 0.25) is 0 Å². The van der Waals surface area contributed by atoms with Gasteiger partial charge in [-0.1, -0.05) is 12.1 Å². The average Bonchev–Trinajstić information content (AvgIpc) is 2.75. The maximum absolute atomic E-state index is 12.6. The molecule has 1 heterocycles. The molecule has 0 aromatic heterocycles. The van der Waals surface area contributed by atoms with Crippen molar-refractivity contribution in [3.05, 3.63) is 42.0 Å². The maximum Gasteiger partial charge on any atom is 0.342 e. The summed E-state index contributed by atoms with van der Waals surface area (Å²) in [6, 6.07) is 10.8. The number of ether oxygens (including phenoxy) is 4. The van der Waals surface area contributed by atoms with Crippen LogP contribution in [0.1, 0.15) is 10.4 Å². The van der Waals surface area contributed by atoms with Gasteiger partial charge in [0.15, 0.2) is 18.1 Å². The van der Waals surface area contributed by atoms with Crippen LogP contribution in [0, 0.1) is 0 Å². The van der Waals surface area contributed by atoms with Gasteiger partial charge in [-0.3, -0.25) is 4.79 Å². The number of carbonyl (C=O) groups is 2. The van der Waals surface area contributed by atoms with E-state index in [-0.39, 0.29) is 29.6 Å². The Morgan fingerprint density at radius 2 is 1.75 bits per heavy atom. The fraction of sp³-hybridized carbons (Fsp3) is 0.300. The number of anilines is 1. The van der Waals surface area contributed by atoms with Gasteiger partial charge < -0.3 is 23.8 Å². The van der Waals surface area contributed by atoms with Crippen molar-refractivity contribution in [3.63, 3.8) is 0 Å². The lowest BCUT2D eigenvalue weighted by molar-refractivity contribution is -0.121. The molecule has 0 N–H and O–H groups in total. The van der Waals surface area contributed by atoms with Gasteiger partial charge in [-0.15, -0.1) is 11.8 Å². The summed E-state index contributed by atoms with van der Waals surface area (Å²) in [7, 11) is 4.36. The first-order valence-corrected chi connectivity index (χ1v) is 9.57. The van der Waals surface area contributed by atoms with Crippen molar-refractivity contribution in [2.24, 2.45) is 0 Å². The molecule has 0 atom stereocenters. The standard InChI is InChI=1S/C20H21NO6S/c1-24-15-9-8-13(18(25-2)19(15)26-3)20(23)27-12-17(22)21-10-11-28-16-7-5-4-6-14(16)21/h4-9H,10-12H2,1-3H3. The van der Waals surface area contributed by atoms with Crippen LogP contribution in [-0.2, 0) is 9.53 Å². The van der Waals surface area contributed by atoms with Crippen LogP contribution in [0.4, 0.5) is 5.69 Å². The molecule has 7 nitrogen and oxygen atoms in total. The van der Waals surface area contributed by atoms with Crippen LogP contribution < -0.4 is 19.1 Å². The highest BCUT2D eigenvalue weighted by molar-refractivity contribution is 7.99. The number of carbonyl (C=O) groups excluding carboxylic acids is 2. The van der Waals surface area contributed by atoms with Gasteiger partial charge in [-0.2, -0.15) is 0 Å². The predicted octanol–water partition coefficient (Wildman–Crippen LogP) is 3.01. The molecule has 2 aromatic rings. The molecule has 0 radical (unpaired) electrons. The van der Waals surface area contributed by atoms with E-state index in [0.717, 1.165) is 16.3 Å². The fourth-order valence-electron chi connectivity index (χ4n) is 2.97. The summed E-state index contributed by atoms with van der Waals surface area (Å²) in [5.41, 5.74) is 0.992. The number of fused-ring (bicyclic) bond motifs is 1. The van der Waals surface area contributed by atoms with Gasteiger partial charge in [-0.05, 0) is 24.3 Å². The molecule has 1 aliphatic heterocycles. The van der Waals surface area contributed by atoms with E-state index in [0.29, 0.717) is 12.3 Å². The van der Waals surface area contributed by atoms with Crippen molar-refractivity contribution >= 4 is 29.3 Å². The van der Waals surface area contributed by atoms with Crippen LogP contribution >= 0.6 is 11.8 Å². The van der Waals surface area contributed by atoms with E-state index in [1.165, 1.54) is 27.4 Å². The van der Waals surface area contributed by atoms with Crippen LogP contribution in [0.25, 0.3) is 0 Å². The zero-order chi connectivity index (χ0) is 20.1. The van der Waals surface area contributed by atoms with E-state index in [4.69, 9.17) is 18.9 Å². The monoisotopic (exact) mass is 403 g/mol. The molecule has 0 saturated carbocycles. The molecule has 1 amide bonds. The minimum atomic E-state index is -0.675. The summed E-state index contributed by atoms with van der Waals surface area (Å²) in [5, 5.41) is 0. The Labute approximate surface area is 167 Å². The van der Waals surface area contributed by atoms with E-state index in [9.17, 15) is 9.59 Å². The summed E-state index contributed by atoms with van der Waals surface area (Å²) in [4.78, 5) is 27.9. The van der Waals surface area contributed by atoms with Crippen molar-refractivity contribution in [1.29, 1.82) is 0 Å². The number of amides is 1. The van der Waals surface area contributed by atoms with Crippen molar-refractivity contribution in [2.75, 3.05) is 45.1 Å². The summed E-state index contributed by atoms with van der Waals surface area (Å²) >= 11 is 1.70. The average molecular weight is 403 g/mol. The molecule has 148 valence electrons. The highest BCUT2D eigenvalue weighted by Crippen LogP contribution is 2.40. The normalized spacial score (nSPS) is 12.8. The Hall–Kier alpha value is -2.87. The molecule has 0 fully saturated rings. The molecular formula is C20H21NO6S. The zero-order valence-corrected chi connectivity index (χ0v) is 16.7. The second-order valence-electron chi connectivity index (χ2n) is 5.82. The van der Waals surface area contributed by atoms with E-state index >= 15 is 0 Å². The fourth-order valence-corrected chi connectivity index (χ4v) is 3.97.